The van der Waals surface area contributed by atoms with E-state index in [2.05, 4.69) is 42.7 Å². The molecule has 0 bridgehead atoms. The Morgan fingerprint density at radius 1 is 1.10 bits per heavy atom. The molecule has 2 rings (SSSR count). The van der Waals surface area contributed by atoms with E-state index < -0.39 is 12.5 Å². The molecule has 2 aromatic rings. The summed E-state index contributed by atoms with van der Waals surface area (Å²) < 4.78 is 0. The van der Waals surface area contributed by atoms with E-state index in [1.54, 1.807) is 6.07 Å². The molecule has 0 atom stereocenters. The Morgan fingerprint density at radius 3 is 2.57 bits per heavy atom. The first-order valence-corrected chi connectivity index (χ1v) is 6.89. The second-order valence-electron chi connectivity index (χ2n) is 5.07. The fourth-order valence-electron chi connectivity index (χ4n) is 2.15. The van der Waals surface area contributed by atoms with E-state index in [4.69, 9.17) is 5.11 Å². The average molecular weight is 284 g/mol. The third-order valence-corrected chi connectivity index (χ3v) is 3.27. The summed E-state index contributed by atoms with van der Waals surface area (Å²) >= 11 is 0. The zero-order valence-corrected chi connectivity index (χ0v) is 12.3. The molecule has 2 aromatic carbocycles. The fraction of sp³-hybridized carbons (Fsp3) is 0.235. The highest BCUT2D eigenvalue weighted by Gasteiger charge is 2.02. The lowest BCUT2D eigenvalue weighted by Gasteiger charge is -2.11. The number of benzene rings is 2. The van der Waals surface area contributed by atoms with Crippen molar-refractivity contribution in [3.8, 4) is 0 Å². The molecular weight excluding hydrogens is 264 g/mol. The molecule has 21 heavy (non-hydrogen) atoms. The fourth-order valence-corrected chi connectivity index (χ4v) is 2.15. The van der Waals surface area contributed by atoms with Crippen LogP contribution in [0.3, 0.4) is 0 Å². The molecule has 0 aromatic heterocycles. The third-order valence-electron chi connectivity index (χ3n) is 3.27. The van der Waals surface area contributed by atoms with Crippen molar-refractivity contribution in [2.45, 2.75) is 20.4 Å². The third kappa shape index (κ3) is 4.33. The van der Waals surface area contributed by atoms with Gasteiger partial charge in [-0.15, -0.1) is 0 Å². The number of carbonyl (C=O) groups is 1. The summed E-state index contributed by atoms with van der Waals surface area (Å²) in [6, 6.07) is 13.8. The van der Waals surface area contributed by atoms with Crippen molar-refractivity contribution in [2.24, 2.45) is 0 Å². The summed E-state index contributed by atoms with van der Waals surface area (Å²) in [4.78, 5) is 11.2. The van der Waals surface area contributed by atoms with E-state index in [1.807, 2.05) is 18.2 Å². The van der Waals surface area contributed by atoms with Crippen LogP contribution in [0.5, 0.6) is 0 Å². The van der Waals surface area contributed by atoms with E-state index in [9.17, 15) is 4.79 Å². The summed E-state index contributed by atoms with van der Waals surface area (Å²) in [6.45, 7) is 4.39. The number of hydrogen-bond donors (Lipinski definition) is 3. The van der Waals surface area contributed by atoms with Crippen LogP contribution in [0.15, 0.2) is 42.5 Å². The molecule has 0 aliphatic carbocycles. The Bertz CT molecular complexity index is 638. The highest BCUT2D eigenvalue weighted by Crippen LogP contribution is 2.17. The summed E-state index contributed by atoms with van der Waals surface area (Å²) in [5.74, 6) is -0.415. The molecule has 4 heteroatoms. The van der Waals surface area contributed by atoms with Gasteiger partial charge < -0.3 is 15.7 Å². The van der Waals surface area contributed by atoms with Crippen LogP contribution in [-0.2, 0) is 11.3 Å². The van der Waals surface area contributed by atoms with Crippen LogP contribution in [0.1, 0.15) is 16.7 Å². The van der Waals surface area contributed by atoms with Gasteiger partial charge in [-0.05, 0) is 43.2 Å². The van der Waals surface area contributed by atoms with Crippen LogP contribution in [0, 0.1) is 13.8 Å². The van der Waals surface area contributed by atoms with Crippen molar-refractivity contribution in [1.29, 1.82) is 0 Å². The highest BCUT2D eigenvalue weighted by atomic mass is 16.3. The first kappa shape index (κ1) is 15.1. The van der Waals surface area contributed by atoms with E-state index in [0.717, 1.165) is 12.2 Å². The van der Waals surface area contributed by atoms with Gasteiger partial charge in [-0.25, -0.2) is 0 Å². The number of nitrogens with one attached hydrogen (secondary N) is 2. The van der Waals surface area contributed by atoms with Gasteiger partial charge in [0.15, 0.2) is 0 Å². The second kappa shape index (κ2) is 6.90. The number of carbonyl (C=O) groups excluding carboxylic acids is 1. The van der Waals surface area contributed by atoms with Crippen molar-refractivity contribution >= 4 is 17.3 Å². The molecule has 110 valence electrons. The highest BCUT2D eigenvalue weighted by molar-refractivity contribution is 5.91. The maximum atomic E-state index is 11.2. The van der Waals surface area contributed by atoms with Gasteiger partial charge in [0.05, 0.1) is 0 Å². The summed E-state index contributed by atoms with van der Waals surface area (Å²) in [5, 5.41) is 14.7. The Balaban J connectivity index is 2.03. The quantitative estimate of drug-likeness (QED) is 0.791. The molecule has 3 N–H and O–H groups in total. The molecule has 4 nitrogen and oxygen atoms in total. The molecule has 0 aliphatic heterocycles. The zero-order valence-electron chi connectivity index (χ0n) is 12.3. The van der Waals surface area contributed by atoms with Crippen LogP contribution < -0.4 is 10.6 Å². The maximum absolute atomic E-state index is 11.2. The Kier molecular flexibility index (Phi) is 4.95. The molecule has 0 aliphatic rings. The number of aryl methyl sites for hydroxylation is 2. The van der Waals surface area contributed by atoms with Crippen LogP contribution in [-0.4, -0.2) is 17.6 Å². The molecule has 1 amide bonds. The largest absolute Gasteiger partial charge is 0.387 e. The lowest BCUT2D eigenvalue weighted by atomic mass is 10.1. The molecule has 0 saturated heterocycles. The van der Waals surface area contributed by atoms with Crippen LogP contribution >= 0.6 is 0 Å². The summed E-state index contributed by atoms with van der Waals surface area (Å²) in [5.41, 5.74) is 5.34. The number of aliphatic hydroxyl groups is 1. The van der Waals surface area contributed by atoms with E-state index in [1.165, 1.54) is 16.7 Å². The predicted octanol–water partition coefficient (Wildman–Crippen LogP) is 2.85. The van der Waals surface area contributed by atoms with Gasteiger partial charge in [-0.3, -0.25) is 4.79 Å². The van der Waals surface area contributed by atoms with Gasteiger partial charge >= 0.3 is 0 Å². The smallest absolute Gasteiger partial charge is 0.250 e. The Morgan fingerprint density at radius 2 is 1.86 bits per heavy atom. The first-order chi connectivity index (χ1) is 10.1. The lowest BCUT2D eigenvalue weighted by Crippen LogP contribution is -2.15. The van der Waals surface area contributed by atoms with Crippen molar-refractivity contribution in [1.82, 2.24) is 0 Å². The van der Waals surface area contributed by atoms with Gasteiger partial charge in [-0.1, -0.05) is 29.8 Å². The zero-order chi connectivity index (χ0) is 15.2. The van der Waals surface area contributed by atoms with E-state index in [-0.39, 0.29) is 0 Å². The molecule has 0 heterocycles. The van der Waals surface area contributed by atoms with Gasteiger partial charge in [0.1, 0.15) is 6.61 Å². The topological polar surface area (TPSA) is 61.4 Å². The first-order valence-electron chi connectivity index (χ1n) is 6.89. The Labute approximate surface area is 124 Å². The maximum Gasteiger partial charge on any atom is 0.250 e. The van der Waals surface area contributed by atoms with Crippen LogP contribution in [0.25, 0.3) is 0 Å². The normalized spacial score (nSPS) is 10.2. The average Bonchev–Trinajstić information content (AvgIpc) is 2.46. The number of rotatable bonds is 5. The minimum atomic E-state index is -0.514. The standard InChI is InChI=1S/C17H20N2O2/c1-12-6-7-14(13(2)8-12)10-18-15-4-3-5-16(9-15)19-17(21)11-20/h3-9,18,20H,10-11H2,1-2H3,(H,19,21). The summed E-state index contributed by atoms with van der Waals surface area (Å²) in [6.07, 6.45) is 0. The van der Waals surface area contributed by atoms with Crippen molar-refractivity contribution in [3.63, 3.8) is 0 Å². The SMILES string of the molecule is Cc1ccc(CNc2cccc(NC(=O)CO)c2)c(C)c1. The molecule has 0 unspecified atom stereocenters. The van der Waals surface area contributed by atoms with Crippen molar-refractivity contribution in [3.05, 3.63) is 59.2 Å². The second-order valence-corrected chi connectivity index (χ2v) is 5.07. The van der Waals surface area contributed by atoms with Gasteiger partial charge in [0, 0.05) is 17.9 Å². The van der Waals surface area contributed by atoms with E-state index in [0.29, 0.717) is 5.69 Å². The molecule has 0 fully saturated rings. The van der Waals surface area contributed by atoms with Gasteiger partial charge in [0.2, 0.25) is 5.91 Å². The molecule has 0 radical (unpaired) electrons. The van der Waals surface area contributed by atoms with Crippen molar-refractivity contribution < 1.29 is 9.90 Å². The molecular formula is C17H20N2O2. The minimum absolute atomic E-state index is 0.415. The molecule has 0 saturated carbocycles. The predicted molar refractivity (Wildman–Crippen MR) is 85.4 cm³/mol. The van der Waals surface area contributed by atoms with Crippen molar-refractivity contribution in [2.75, 3.05) is 17.2 Å². The van der Waals surface area contributed by atoms with Crippen LogP contribution in [0.2, 0.25) is 0 Å². The lowest BCUT2D eigenvalue weighted by molar-refractivity contribution is -0.118. The van der Waals surface area contributed by atoms with Crippen LogP contribution in [0.4, 0.5) is 11.4 Å². The monoisotopic (exact) mass is 284 g/mol. The van der Waals surface area contributed by atoms with Gasteiger partial charge in [0.25, 0.3) is 0 Å². The number of hydrogen-bond acceptors (Lipinski definition) is 3. The number of aliphatic hydroxyl groups excluding tert-OH is 1. The molecule has 0 spiro atoms. The summed E-state index contributed by atoms with van der Waals surface area (Å²) in [7, 11) is 0. The Hall–Kier alpha value is -2.33. The number of anilines is 2. The van der Waals surface area contributed by atoms with Gasteiger partial charge in [-0.2, -0.15) is 0 Å². The minimum Gasteiger partial charge on any atom is -0.387 e. The van der Waals surface area contributed by atoms with E-state index >= 15 is 0 Å². The number of amides is 1.